The number of nitrogens with one attached hydrogen (secondary N) is 2. The number of carbonyl (C=O) groups is 3. The second kappa shape index (κ2) is 9.83. The van der Waals surface area contributed by atoms with Crippen molar-refractivity contribution < 1.29 is 14.4 Å². The molecule has 0 radical (unpaired) electrons. The number of rotatable bonds is 7. The first-order chi connectivity index (χ1) is 16.4. The van der Waals surface area contributed by atoms with E-state index >= 15 is 0 Å². The molecule has 1 aromatic heterocycles. The number of nitrogens with two attached hydrogens (primary N) is 1. The number of primary amides is 1. The van der Waals surface area contributed by atoms with Gasteiger partial charge in [-0.05, 0) is 42.8 Å². The predicted octanol–water partition coefficient (Wildman–Crippen LogP) is 3.71. The highest BCUT2D eigenvalue weighted by Crippen LogP contribution is 2.19. The predicted molar refractivity (Wildman–Crippen MR) is 130 cm³/mol. The van der Waals surface area contributed by atoms with E-state index in [0.29, 0.717) is 28.2 Å². The Bertz CT molecular complexity index is 1380. The Hall–Kier alpha value is -4.72. The highest BCUT2D eigenvalue weighted by molar-refractivity contribution is 6.07. The molecule has 0 atom stereocenters. The standard InChI is InChI=1S/C26H23N5O3/c1-17-6-4-7-18(12-17)13-24(32)29-21-15-28-31(16-21)23-11-3-2-10-22(23)26(34)30-20-9-5-8-19(14-20)25(27)33/h2-12,14-16H,13H2,1H3,(H2,27,33)(H,29,32)(H,30,34). The molecule has 0 fully saturated rings. The molecular weight excluding hydrogens is 430 g/mol. The van der Waals surface area contributed by atoms with Crippen LogP contribution >= 0.6 is 0 Å². The van der Waals surface area contributed by atoms with Crippen LogP contribution in [0.3, 0.4) is 0 Å². The number of carbonyl (C=O) groups excluding carboxylic acids is 3. The summed E-state index contributed by atoms with van der Waals surface area (Å²) in [6.45, 7) is 1.98. The van der Waals surface area contributed by atoms with Crippen LogP contribution in [-0.4, -0.2) is 27.5 Å². The molecule has 0 aliphatic heterocycles. The first-order valence-corrected chi connectivity index (χ1v) is 10.6. The van der Waals surface area contributed by atoms with Gasteiger partial charge in [-0.25, -0.2) is 4.68 Å². The van der Waals surface area contributed by atoms with E-state index < -0.39 is 5.91 Å². The third-order valence-electron chi connectivity index (χ3n) is 5.11. The Kier molecular flexibility index (Phi) is 6.49. The van der Waals surface area contributed by atoms with Crippen molar-refractivity contribution in [2.45, 2.75) is 13.3 Å². The van der Waals surface area contributed by atoms with E-state index in [-0.39, 0.29) is 18.2 Å². The average molecular weight is 454 g/mol. The van der Waals surface area contributed by atoms with Crippen molar-refractivity contribution in [1.82, 2.24) is 9.78 Å². The lowest BCUT2D eigenvalue weighted by molar-refractivity contribution is -0.115. The molecule has 3 amide bonds. The Morgan fingerprint density at radius 2 is 1.71 bits per heavy atom. The molecule has 4 rings (SSSR count). The summed E-state index contributed by atoms with van der Waals surface area (Å²) in [4.78, 5) is 36.8. The molecule has 0 saturated heterocycles. The molecular formula is C26H23N5O3. The molecule has 34 heavy (non-hydrogen) atoms. The summed E-state index contributed by atoms with van der Waals surface area (Å²) >= 11 is 0. The monoisotopic (exact) mass is 453 g/mol. The number of nitrogens with zero attached hydrogens (tertiary/aromatic N) is 2. The molecule has 0 aliphatic rings. The van der Waals surface area contributed by atoms with Gasteiger partial charge in [0.1, 0.15) is 0 Å². The van der Waals surface area contributed by atoms with Gasteiger partial charge >= 0.3 is 0 Å². The number of aromatic nitrogens is 2. The first-order valence-electron chi connectivity index (χ1n) is 10.6. The molecule has 0 bridgehead atoms. The van der Waals surface area contributed by atoms with E-state index in [1.54, 1.807) is 48.7 Å². The van der Waals surface area contributed by atoms with E-state index in [9.17, 15) is 14.4 Å². The summed E-state index contributed by atoms with van der Waals surface area (Å²) in [5.74, 6) is -1.12. The van der Waals surface area contributed by atoms with Gasteiger partial charge in [0.15, 0.2) is 0 Å². The van der Waals surface area contributed by atoms with Gasteiger partial charge < -0.3 is 16.4 Å². The largest absolute Gasteiger partial charge is 0.366 e. The van der Waals surface area contributed by atoms with E-state index in [1.165, 1.54) is 16.9 Å². The summed E-state index contributed by atoms with van der Waals surface area (Å²) in [6.07, 6.45) is 3.42. The average Bonchev–Trinajstić information content (AvgIpc) is 3.27. The normalized spacial score (nSPS) is 10.5. The molecule has 8 nitrogen and oxygen atoms in total. The van der Waals surface area contributed by atoms with E-state index in [1.807, 2.05) is 31.2 Å². The number of benzene rings is 3. The minimum absolute atomic E-state index is 0.162. The smallest absolute Gasteiger partial charge is 0.257 e. The zero-order valence-corrected chi connectivity index (χ0v) is 18.5. The Balaban J connectivity index is 1.49. The number of hydrogen-bond donors (Lipinski definition) is 3. The summed E-state index contributed by atoms with van der Waals surface area (Å²) in [6, 6.07) is 21.1. The molecule has 4 aromatic rings. The van der Waals surface area contributed by atoms with Crippen LogP contribution < -0.4 is 16.4 Å². The van der Waals surface area contributed by atoms with Gasteiger partial charge in [-0.2, -0.15) is 5.10 Å². The van der Waals surface area contributed by atoms with Crippen LogP contribution in [-0.2, 0) is 11.2 Å². The lowest BCUT2D eigenvalue weighted by Gasteiger charge is -2.11. The van der Waals surface area contributed by atoms with E-state index in [2.05, 4.69) is 15.7 Å². The van der Waals surface area contributed by atoms with Gasteiger partial charge in [-0.3, -0.25) is 14.4 Å². The fraction of sp³-hybridized carbons (Fsp3) is 0.0769. The summed E-state index contributed by atoms with van der Waals surface area (Å²) in [5, 5.41) is 9.92. The maximum Gasteiger partial charge on any atom is 0.257 e. The number of amides is 3. The summed E-state index contributed by atoms with van der Waals surface area (Å²) in [5.41, 5.74) is 9.49. The molecule has 0 aliphatic carbocycles. The molecule has 0 saturated carbocycles. The second-order valence-electron chi connectivity index (χ2n) is 7.80. The molecule has 4 N–H and O–H groups in total. The van der Waals surface area contributed by atoms with Crippen molar-refractivity contribution in [2.24, 2.45) is 5.73 Å². The van der Waals surface area contributed by atoms with Gasteiger partial charge in [0.05, 0.1) is 35.8 Å². The molecule has 0 unspecified atom stereocenters. The second-order valence-corrected chi connectivity index (χ2v) is 7.80. The quantitative estimate of drug-likeness (QED) is 0.395. The number of hydrogen-bond acceptors (Lipinski definition) is 4. The number of aryl methyl sites for hydroxylation is 1. The van der Waals surface area contributed by atoms with Crippen molar-refractivity contribution >= 4 is 29.1 Å². The summed E-state index contributed by atoms with van der Waals surface area (Å²) < 4.78 is 1.52. The highest BCUT2D eigenvalue weighted by Gasteiger charge is 2.15. The minimum Gasteiger partial charge on any atom is -0.366 e. The van der Waals surface area contributed by atoms with Gasteiger partial charge in [-0.15, -0.1) is 0 Å². The Labute approximate surface area is 196 Å². The van der Waals surface area contributed by atoms with Crippen LogP contribution in [0.25, 0.3) is 5.69 Å². The number of anilines is 2. The van der Waals surface area contributed by atoms with Crippen molar-refractivity contribution in [3.63, 3.8) is 0 Å². The van der Waals surface area contributed by atoms with Crippen LogP contribution in [0, 0.1) is 6.92 Å². The minimum atomic E-state index is -0.579. The van der Waals surface area contributed by atoms with Crippen LogP contribution in [0.1, 0.15) is 31.8 Å². The lowest BCUT2D eigenvalue weighted by Crippen LogP contribution is -2.16. The fourth-order valence-corrected chi connectivity index (χ4v) is 3.55. The van der Waals surface area contributed by atoms with Crippen LogP contribution in [0.5, 0.6) is 0 Å². The Morgan fingerprint density at radius 3 is 2.50 bits per heavy atom. The van der Waals surface area contributed by atoms with Crippen molar-refractivity contribution in [3.8, 4) is 5.69 Å². The summed E-state index contributed by atoms with van der Waals surface area (Å²) in [7, 11) is 0. The molecule has 3 aromatic carbocycles. The Morgan fingerprint density at radius 1 is 0.912 bits per heavy atom. The van der Waals surface area contributed by atoms with Crippen LogP contribution in [0.4, 0.5) is 11.4 Å². The zero-order valence-electron chi connectivity index (χ0n) is 18.5. The third kappa shape index (κ3) is 5.36. The molecule has 0 spiro atoms. The first kappa shape index (κ1) is 22.5. The zero-order chi connectivity index (χ0) is 24.1. The van der Waals surface area contributed by atoms with Crippen molar-refractivity contribution in [1.29, 1.82) is 0 Å². The highest BCUT2D eigenvalue weighted by atomic mass is 16.2. The topological polar surface area (TPSA) is 119 Å². The van der Waals surface area contributed by atoms with Gasteiger partial charge in [0.25, 0.3) is 5.91 Å². The fourth-order valence-electron chi connectivity index (χ4n) is 3.55. The SMILES string of the molecule is Cc1cccc(CC(=O)Nc2cnn(-c3ccccc3C(=O)Nc3cccc(C(N)=O)c3)c2)c1. The maximum atomic E-state index is 13.0. The maximum absolute atomic E-state index is 13.0. The van der Waals surface area contributed by atoms with E-state index in [0.717, 1.165) is 11.1 Å². The third-order valence-corrected chi connectivity index (χ3v) is 5.11. The van der Waals surface area contributed by atoms with Crippen molar-refractivity contribution in [2.75, 3.05) is 10.6 Å². The van der Waals surface area contributed by atoms with Gasteiger partial charge in [0.2, 0.25) is 11.8 Å². The van der Waals surface area contributed by atoms with Gasteiger partial charge in [0, 0.05) is 11.3 Å². The molecule has 8 heteroatoms. The van der Waals surface area contributed by atoms with Crippen LogP contribution in [0.2, 0.25) is 0 Å². The number of para-hydroxylation sites is 1. The molecule has 1 heterocycles. The molecule has 170 valence electrons. The van der Waals surface area contributed by atoms with Gasteiger partial charge in [-0.1, -0.05) is 48.0 Å². The van der Waals surface area contributed by atoms with Crippen LogP contribution in [0.15, 0.2) is 85.2 Å². The lowest BCUT2D eigenvalue weighted by atomic mass is 10.1. The van der Waals surface area contributed by atoms with E-state index in [4.69, 9.17) is 5.73 Å². The van der Waals surface area contributed by atoms with Crippen molar-refractivity contribution in [3.05, 3.63) is 107 Å².